The first-order valence-corrected chi connectivity index (χ1v) is 14.7. The molecule has 0 spiro atoms. The molecule has 2 aliphatic carbocycles. The fraction of sp³-hybridized carbons (Fsp3) is 0.457. The maximum absolute atomic E-state index is 13.5. The van der Waals surface area contributed by atoms with Crippen LogP contribution in [0.3, 0.4) is 0 Å². The Kier molecular flexibility index (Phi) is 25.7. The van der Waals surface area contributed by atoms with Gasteiger partial charge in [0.2, 0.25) is 0 Å². The van der Waals surface area contributed by atoms with Crippen LogP contribution in [0.1, 0.15) is 102 Å². The van der Waals surface area contributed by atoms with Crippen molar-refractivity contribution < 1.29 is 19.4 Å². The zero-order valence-corrected chi connectivity index (χ0v) is 26.3. The fourth-order valence-corrected chi connectivity index (χ4v) is 3.44. The summed E-state index contributed by atoms with van der Waals surface area (Å²) >= 11 is 0. The van der Waals surface area contributed by atoms with E-state index in [1.807, 2.05) is 32.9 Å². The van der Waals surface area contributed by atoms with Crippen molar-refractivity contribution in [1.29, 1.82) is 0 Å². The minimum absolute atomic E-state index is 0.250. The molecule has 0 bridgehead atoms. The summed E-state index contributed by atoms with van der Waals surface area (Å²) in [5, 5.41) is 16.1. The smallest absolute Gasteiger partial charge is 0.290 e. The number of nitrogens with two attached hydrogens (primary N) is 1. The van der Waals surface area contributed by atoms with Gasteiger partial charge < -0.3 is 15.9 Å². The summed E-state index contributed by atoms with van der Waals surface area (Å²) < 4.78 is 13.5. The van der Waals surface area contributed by atoms with Gasteiger partial charge in [0.15, 0.2) is 0 Å². The molecule has 1 aromatic heterocycles. The number of alkyl halides is 1. The van der Waals surface area contributed by atoms with Crippen LogP contribution in [-0.2, 0) is 11.2 Å². The molecule has 0 saturated heterocycles. The molecule has 0 aromatic carbocycles. The van der Waals surface area contributed by atoms with E-state index < -0.39 is 12.4 Å². The van der Waals surface area contributed by atoms with Crippen LogP contribution in [0.4, 0.5) is 4.39 Å². The summed E-state index contributed by atoms with van der Waals surface area (Å²) in [6, 6.07) is 0. The van der Waals surface area contributed by atoms with E-state index in [9.17, 15) is 9.50 Å². The third-order valence-corrected chi connectivity index (χ3v) is 5.99. The molecule has 2 unspecified atom stereocenters. The summed E-state index contributed by atoms with van der Waals surface area (Å²) in [4.78, 5) is 17.6. The first kappa shape index (κ1) is 40.7. The van der Waals surface area contributed by atoms with E-state index in [0.717, 1.165) is 29.3 Å². The molecule has 7 heteroatoms. The van der Waals surface area contributed by atoms with Crippen molar-refractivity contribution in [1.82, 2.24) is 9.97 Å². The lowest BCUT2D eigenvalue weighted by Crippen LogP contribution is -2.14. The van der Waals surface area contributed by atoms with Gasteiger partial charge in [-0.05, 0) is 75.2 Å². The lowest BCUT2D eigenvalue weighted by molar-refractivity contribution is -0.122. The van der Waals surface area contributed by atoms with Gasteiger partial charge in [-0.25, -0.2) is 14.4 Å². The van der Waals surface area contributed by atoms with Crippen molar-refractivity contribution in [2.45, 2.75) is 97.9 Å². The van der Waals surface area contributed by atoms with Gasteiger partial charge in [0, 0.05) is 6.42 Å². The third-order valence-electron chi connectivity index (χ3n) is 5.99. The van der Waals surface area contributed by atoms with Gasteiger partial charge >= 0.3 is 0 Å². The van der Waals surface area contributed by atoms with Crippen LogP contribution in [0.5, 0.6) is 0 Å². The number of rotatable bonds is 10. The quantitative estimate of drug-likeness (QED) is 0.144. The average Bonchev–Trinajstić information content (AvgIpc) is 3.79. The van der Waals surface area contributed by atoms with Crippen molar-refractivity contribution in [2.24, 2.45) is 11.7 Å². The highest BCUT2D eigenvalue weighted by molar-refractivity contribution is 5.68. The van der Waals surface area contributed by atoms with Crippen molar-refractivity contribution >= 4 is 24.2 Å². The van der Waals surface area contributed by atoms with Gasteiger partial charge in [0.05, 0.1) is 22.8 Å². The van der Waals surface area contributed by atoms with E-state index in [4.69, 9.17) is 15.6 Å². The number of halogens is 1. The lowest BCUT2D eigenvalue weighted by atomic mass is 10.0. The zero-order valence-electron chi connectivity index (χ0n) is 26.3. The standard InChI is InChI=1S/C19H26FN3O.C8H12.C4H8.C3H6.CH2O2/c1-5-13(9-10-14(20)6-2)19-16(8-4)22-17(11-12-18(21)24)15(7-3)23-19;1-2-8-6-4-3-5-7-8;1-4-2-3-4;1-3-2;2-1-3/h6-7,9,11-12,14,18,24H,2-3,5,8,10,21H2,1,4H3;2,6H,1,3-5,7H2;4H,2-3H2,1H3;3H,1H2,2H3;1H,(H,2,3)/b12-11+,13-9+;;;;. The van der Waals surface area contributed by atoms with E-state index in [1.54, 1.807) is 18.2 Å². The van der Waals surface area contributed by atoms with Crippen LogP contribution in [0.15, 0.2) is 68.3 Å². The predicted molar refractivity (Wildman–Crippen MR) is 178 cm³/mol. The molecular weight excluding hydrogens is 529 g/mol. The van der Waals surface area contributed by atoms with Crippen LogP contribution >= 0.6 is 0 Å². The van der Waals surface area contributed by atoms with Gasteiger partial charge in [0.1, 0.15) is 12.4 Å². The number of hydrogen-bond acceptors (Lipinski definition) is 5. The van der Waals surface area contributed by atoms with E-state index in [-0.39, 0.29) is 12.9 Å². The molecule has 0 radical (unpaired) electrons. The second kappa shape index (κ2) is 26.5. The Morgan fingerprint density at radius 3 is 2.10 bits per heavy atom. The Morgan fingerprint density at radius 2 is 1.74 bits per heavy atom. The van der Waals surface area contributed by atoms with Crippen LogP contribution in [0.25, 0.3) is 17.7 Å². The number of hydrogen-bond donors (Lipinski definition) is 3. The topological polar surface area (TPSA) is 109 Å². The molecular formula is C35H54FN3O3. The molecule has 1 heterocycles. The number of aliphatic hydroxyl groups is 1. The van der Waals surface area contributed by atoms with Crippen LogP contribution in [0.2, 0.25) is 0 Å². The second-order valence-electron chi connectivity index (χ2n) is 9.69. The molecule has 0 amide bonds. The molecule has 2 atom stereocenters. The predicted octanol–water partition coefficient (Wildman–Crippen LogP) is 8.66. The molecule has 2 aliphatic rings. The Balaban J connectivity index is 0. The van der Waals surface area contributed by atoms with Gasteiger partial charge in [-0.15, -0.1) is 13.2 Å². The number of allylic oxidation sites excluding steroid dienone is 7. The van der Waals surface area contributed by atoms with Crippen molar-refractivity contribution in [3.63, 3.8) is 0 Å². The van der Waals surface area contributed by atoms with Gasteiger partial charge in [-0.3, -0.25) is 4.79 Å². The van der Waals surface area contributed by atoms with Crippen molar-refractivity contribution in [3.05, 3.63) is 91.1 Å². The van der Waals surface area contributed by atoms with E-state index in [1.165, 1.54) is 56.3 Å². The summed E-state index contributed by atoms with van der Waals surface area (Å²) in [6.07, 6.45) is 21.6. The molecule has 42 heavy (non-hydrogen) atoms. The molecule has 1 saturated carbocycles. The minimum atomic E-state index is -1.07. The number of carboxylic acid groups (broad SMARTS) is 1. The Hall–Kier alpha value is -3.42. The van der Waals surface area contributed by atoms with E-state index in [0.29, 0.717) is 17.8 Å². The SMILES string of the molecule is C=CC.C=CC1=CCCCC1.C=Cc1nc(/C(=C/CC(F)C=C)CC)c(CC)nc1/C=C/C(N)O.CC1CC1.O=CO. The highest BCUT2D eigenvalue weighted by Crippen LogP contribution is 2.27. The van der Waals surface area contributed by atoms with Crippen molar-refractivity contribution in [3.8, 4) is 0 Å². The molecule has 1 fully saturated rings. The number of carbonyl (C=O) groups is 1. The molecule has 1 aromatic rings. The van der Waals surface area contributed by atoms with Crippen LogP contribution in [0, 0.1) is 5.92 Å². The zero-order chi connectivity index (χ0) is 32.3. The normalized spacial score (nSPS) is 15.2. The summed E-state index contributed by atoms with van der Waals surface area (Å²) in [7, 11) is 0. The summed E-state index contributed by atoms with van der Waals surface area (Å²) in [5.41, 5.74) is 10.5. The average molecular weight is 584 g/mol. The van der Waals surface area contributed by atoms with Crippen molar-refractivity contribution in [2.75, 3.05) is 0 Å². The maximum atomic E-state index is 13.5. The molecule has 6 nitrogen and oxygen atoms in total. The maximum Gasteiger partial charge on any atom is 0.290 e. The largest absolute Gasteiger partial charge is 0.483 e. The number of aryl methyl sites for hydroxylation is 1. The van der Waals surface area contributed by atoms with Gasteiger partial charge in [-0.1, -0.05) is 82.7 Å². The van der Waals surface area contributed by atoms with Crippen LogP contribution < -0.4 is 5.73 Å². The summed E-state index contributed by atoms with van der Waals surface area (Å²) in [6.45, 7) is 22.2. The second-order valence-corrected chi connectivity index (χ2v) is 9.69. The highest BCUT2D eigenvalue weighted by Gasteiger charge is 2.14. The lowest BCUT2D eigenvalue weighted by Gasteiger charge is -2.13. The van der Waals surface area contributed by atoms with Gasteiger partial charge in [-0.2, -0.15) is 0 Å². The monoisotopic (exact) mass is 583 g/mol. The highest BCUT2D eigenvalue weighted by atomic mass is 19.1. The minimum Gasteiger partial charge on any atom is -0.483 e. The van der Waals surface area contributed by atoms with E-state index >= 15 is 0 Å². The van der Waals surface area contributed by atoms with Gasteiger partial charge in [0.25, 0.3) is 6.47 Å². The Labute approximate surface area is 254 Å². The van der Waals surface area contributed by atoms with Crippen LogP contribution in [-0.4, -0.2) is 39.1 Å². The number of aromatic nitrogens is 2. The Morgan fingerprint density at radius 1 is 1.14 bits per heavy atom. The number of aliphatic hydroxyl groups excluding tert-OH is 1. The Bertz CT molecular complexity index is 1020. The first-order chi connectivity index (χ1) is 20.1. The molecule has 4 N–H and O–H groups in total. The van der Waals surface area contributed by atoms with E-state index in [2.05, 4.69) is 49.3 Å². The molecule has 0 aliphatic heterocycles. The first-order valence-electron chi connectivity index (χ1n) is 14.7. The number of nitrogens with zero attached hydrogens (tertiary/aromatic N) is 2. The fourth-order valence-electron chi connectivity index (χ4n) is 3.44. The molecule has 234 valence electrons. The summed E-state index contributed by atoms with van der Waals surface area (Å²) in [5.74, 6) is 1.08. The molecule has 3 rings (SSSR count). The third kappa shape index (κ3) is 20.5.